The smallest absolute Gasteiger partial charge is 0.176 e. The summed E-state index contributed by atoms with van der Waals surface area (Å²) in [6.07, 6.45) is 14.6. The van der Waals surface area contributed by atoms with Gasteiger partial charge in [0.1, 0.15) is 0 Å². The highest BCUT2D eigenvalue weighted by Gasteiger charge is 2.35. The predicted molar refractivity (Wildman–Crippen MR) is 86.0 cm³/mol. The van der Waals surface area contributed by atoms with Gasteiger partial charge in [0, 0.05) is 6.61 Å². The molecule has 3 atom stereocenters. The van der Waals surface area contributed by atoms with Crippen LogP contribution in [0.1, 0.15) is 58.8 Å². The van der Waals surface area contributed by atoms with Gasteiger partial charge in [0.05, 0.1) is 0 Å². The van der Waals surface area contributed by atoms with Crippen molar-refractivity contribution < 1.29 is 4.43 Å². The Morgan fingerprint density at radius 1 is 1.05 bits per heavy atom. The van der Waals surface area contributed by atoms with Gasteiger partial charge in [-0.1, -0.05) is 51.7 Å². The highest BCUT2D eigenvalue weighted by Crippen LogP contribution is 2.44. The largest absolute Gasteiger partial charge is 0.420 e. The summed E-state index contributed by atoms with van der Waals surface area (Å²) in [5, 5.41) is 0. The third-order valence-corrected chi connectivity index (χ3v) is 7.83. The molecule has 1 nitrogen and oxygen atoms in total. The number of hydrogen-bond acceptors (Lipinski definition) is 1. The summed E-state index contributed by atoms with van der Waals surface area (Å²) in [5.41, 5.74) is 0. The van der Waals surface area contributed by atoms with E-state index in [1.165, 1.54) is 57.0 Å². The lowest BCUT2D eigenvalue weighted by Crippen LogP contribution is -2.20. The molecule has 0 radical (unpaired) electrons. The molecule has 2 aliphatic carbocycles. The van der Waals surface area contributed by atoms with Crippen LogP contribution in [0.25, 0.3) is 0 Å². The molecular weight excluding hydrogens is 248 g/mol. The van der Waals surface area contributed by atoms with E-state index in [1.54, 1.807) is 0 Å². The maximum atomic E-state index is 6.33. The van der Waals surface area contributed by atoms with Gasteiger partial charge in [-0.25, -0.2) is 0 Å². The second kappa shape index (κ2) is 8.26. The Labute approximate surface area is 121 Å². The van der Waals surface area contributed by atoms with Gasteiger partial charge in [-0.05, 0) is 49.1 Å². The zero-order chi connectivity index (χ0) is 13.5. The Morgan fingerprint density at radius 3 is 2.32 bits per heavy atom. The topological polar surface area (TPSA) is 9.23 Å². The summed E-state index contributed by atoms with van der Waals surface area (Å²) < 4.78 is 6.33. The number of allylic oxidation sites excluding steroid dienone is 2. The SMILES string of the molecule is CCCC[SiH](CCCC)OCCC1CC2C=CC1C2. The Morgan fingerprint density at radius 2 is 1.79 bits per heavy atom. The highest BCUT2D eigenvalue weighted by molar-refractivity contribution is 6.51. The zero-order valence-corrected chi connectivity index (χ0v) is 14.1. The van der Waals surface area contributed by atoms with Crippen molar-refractivity contribution in [2.45, 2.75) is 70.9 Å². The van der Waals surface area contributed by atoms with Crippen LogP contribution in [0.2, 0.25) is 12.1 Å². The van der Waals surface area contributed by atoms with Gasteiger partial charge >= 0.3 is 0 Å². The first-order valence-electron chi connectivity index (χ1n) is 8.63. The minimum absolute atomic E-state index is 0.866. The summed E-state index contributed by atoms with van der Waals surface area (Å²) in [6, 6.07) is 2.82. The van der Waals surface area contributed by atoms with Gasteiger partial charge in [-0.3, -0.25) is 0 Å². The monoisotopic (exact) mass is 280 g/mol. The van der Waals surface area contributed by atoms with E-state index in [4.69, 9.17) is 4.43 Å². The number of hydrogen-bond donors (Lipinski definition) is 0. The van der Waals surface area contributed by atoms with Gasteiger partial charge in [0.25, 0.3) is 0 Å². The van der Waals surface area contributed by atoms with Crippen molar-refractivity contribution in [1.29, 1.82) is 0 Å². The number of fused-ring (bicyclic) bond motifs is 2. The molecule has 0 aromatic carbocycles. The van der Waals surface area contributed by atoms with Crippen molar-refractivity contribution in [2.75, 3.05) is 6.61 Å². The molecule has 0 amide bonds. The third-order valence-electron chi connectivity index (χ3n) is 5.02. The van der Waals surface area contributed by atoms with E-state index in [0.29, 0.717) is 0 Å². The van der Waals surface area contributed by atoms with Gasteiger partial charge in [-0.2, -0.15) is 0 Å². The molecule has 1 saturated carbocycles. The number of rotatable bonds is 10. The maximum absolute atomic E-state index is 6.33. The fourth-order valence-corrected chi connectivity index (χ4v) is 6.61. The van der Waals surface area contributed by atoms with Crippen molar-refractivity contribution in [2.24, 2.45) is 17.8 Å². The van der Waals surface area contributed by atoms with E-state index >= 15 is 0 Å². The van der Waals surface area contributed by atoms with Crippen LogP contribution in [0.3, 0.4) is 0 Å². The Hall–Kier alpha value is -0.0831. The standard InChI is InChI=1S/C17H32OSi/c1-3-5-11-19(12-6-4-2)18-10-9-17-14-15-7-8-16(17)13-15/h7-8,15-17,19H,3-6,9-14H2,1-2H3. The summed E-state index contributed by atoms with van der Waals surface area (Å²) in [5.74, 6) is 2.77. The molecule has 110 valence electrons. The van der Waals surface area contributed by atoms with Gasteiger partial charge in [0.2, 0.25) is 0 Å². The molecular formula is C17H32OSi. The molecule has 0 spiro atoms. The van der Waals surface area contributed by atoms with Crippen LogP contribution in [0.15, 0.2) is 12.2 Å². The lowest BCUT2D eigenvalue weighted by molar-refractivity contribution is 0.261. The van der Waals surface area contributed by atoms with Gasteiger partial charge < -0.3 is 4.43 Å². The molecule has 0 aromatic rings. The number of unbranched alkanes of at least 4 members (excludes halogenated alkanes) is 2. The van der Waals surface area contributed by atoms with Crippen molar-refractivity contribution in [3.8, 4) is 0 Å². The van der Waals surface area contributed by atoms with Gasteiger partial charge in [-0.15, -0.1) is 0 Å². The highest BCUT2D eigenvalue weighted by atomic mass is 28.3. The second-order valence-corrected chi connectivity index (χ2v) is 9.34. The van der Waals surface area contributed by atoms with Crippen LogP contribution < -0.4 is 0 Å². The van der Waals surface area contributed by atoms with Crippen LogP contribution in [0, 0.1) is 17.8 Å². The quantitative estimate of drug-likeness (QED) is 0.407. The summed E-state index contributed by atoms with van der Waals surface area (Å²) in [4.78, 5) is 0. The molecule has 19 heavy (non-hydrogen) atoms. The molecule has 1 fully saturated rings. The van der Waals surface area contributed by atoms with Crippen molar-refractivity contribution in [3.05, 3.63) is 12.2 Å². The molecule has 2 heteroatoms. The van der Waals surface area contributed by atoms with Crippen molar-refractivity contribution >= 4 is 9.04 Å². The molecule has 2 aliphatic rings. The third kappa shape index (κ3) is 4.75. The van der Waals surface area contributed by atoms with E-state index in [0.717, 1.165) is 24.4 Å². The Kier molecular flexibility index (Phi) is 6.65. The molecule has 2 rings (SSSR count). The molecule has 0 heterocycles. The Balaban J connectivity index is 1.62. The Bertz CT molecular complexity index is 268. The molecule has 0 N–H and O–H groups in total. The predicted octanol–water partition coefficient (Wildman–Crippen LogP) is 4.93. The van der Waals surface area contributed by atoms with Crippen LogP contribution >= 0.6 is 0 Å². The van der Waals surface area contributed by atoms with Crippen LogP contribution in [0.5, 0.6) is 0 Å². The van der Waals surface area contributed by atoms with Crippen molar-refractivity contribution in [3.63, 3.8) is 0 Å². The summed E-state index contributed by atoms with van der Waals surface area (Å²) in [7, 11) is -0.866. The van der Waals surface area contributed by atoms with Crippen LogP contribution in [-0.4, -0.2) is 15.6 Å². The lowest BCUT2D eigenvalue weighted by atomic mass is 9.91. The minimum atomic E-state index is -0.866. The minimum Gasteiger partial charge on any atom is -0.420 e. The van der Waals surface area contributed by atoms with E-state index < -0.39 is 9.04 Å². The van der Waals surface area contributed by atoms with Crippen LogP contribution in [-0.2, 0) is 4.43 Å². The molecule has 3 unspecified atom stereocenters. The first-order chi connectivity index (χ1) is 9.33. The first kappa shape index (κ1) is 15.3. The average Bonchev–Trinajstić information content (AvgIpc) is 3.03. The van der Waals surface area contributed by atoms with E-state index in [9.17, 15) is 0 Å². The molecule has 2 bridgehead atoms. The zero-order valence-electron chi connectivity index (χ0n) is 12.9. The van der Waals surface area contributed by atoms with Crippen LogP contribution in [0.4, 0.5) is 0 Å². The van der Waals surface area contributed by atoms with E-state index in [2.05, 4.69) is 26.0 Å². The second-order valence-electron chi connectivity index (χ2n) is 6.61. The van der Waals surface area contributed by atoms with Crippen molar-refractivity contribution in [1.82, 2.24) is 0 Å². The molecule has 0 aliphatic heterocycles. The molecule has 0 aromatic heterocycles. The van der Waals surface area contributed by atoms with E-state index in [1.807, 2.05) is 0 Å². The lowest BCUT2D eigenvalue weighted by Gasteiger charge is -2.21. The average molecular weight is 281 g/mol. The summed E-state index contributed by atoms with van der Waals surface area (Å²) in [6.45, 7) is 5.66. The fourth-order valence-electron chi connectivity index (χ4n) is 3.79. The fraction of sp³-hybridized carbons (Fsp3) is 0.882. The summed E-state index contributed by atoms with van der Waals surface area (Å²) >= 11 is 0. The first-order valence-corrected chi connectivity index (χ1v) is 10.7. The van der Waals surface area contributed by atoms with Gasteiger partial charge in [0.15, 0.2) is 9.04 Å². The molecule has 0 saturated heterocycles. The van der Waals surface area contributed by atoms with E-state index in [-0.39, 0.29) is 0 Å². The normalized spacial score (nSPS) is 28.7. The maximum Gasteiger partial charge on any atom is 0.176 e.